The van der Waals surface area contributed by atoms with E-state index in [1.807, 2.05) is 18.2 Å². The van der Waals surface area contributed by atoms with E-state index in [4.69, 9.17) is 0 Å². The van der Waals surface area contributed by atoms with Crippen LogP contribution in [0.5, 0.6) is 0 Å². The molecule has 1 aliphatic rings. The summed E-state index contributed by atoms with van der Waals surface area (Å²) in [5, 5.41) is 11.0. The molecule has 1 aliphatic heterocycles. The SMILES string of the molecule is O=[N+]([O-])c1nccn1Cc1ccccc1N1CCCCC1. The van der Waals surface area contributed by atoms with Gasteiger partial charge in [-0.3, -0.25) is 0 Å². The van der Waals surface area contributed by atoms with Crippen molar-refractivity contribution in [3.05, 3.63) is 52.3 Å². The van der Waals surface area contributed by atoms with Gasteiger partial charge in [0.2, 0.25) is 0 Å². The van der Waals surface area contributed by atoms with Crippen LogP contribution in [0.4, 0.5) is 11.6 Å². The summed E-state index contributed by atoms with van der Waals surface area (Å²) >= 11 is 0. The molecule has 6 heteroatoms. The molecule has 0 amide bonds. The van der Waals surface area contributed by atoms with Crippen LogP contribution in [0.15, 0.2) is 36.7 Å². The van der Waals surface area contributed by atoms with Gasteiger partial charge in [-0.05, 0) is 30.3 Å². The van der Waals surface area contributed by atoms with Crippen LogP contribution in [0, 0.1) is 10.1 Å². The Bertz CT molecular complexity index is 632. The van der Waals surface area contributed by atoms with Crippen molar-refractivity contribution in [1.82, 2.24) is 9.55 Å². The topological polar surface area (TPSA) is 64.2 Å². The van der Waals surface area contributed by atoms with E-state index in [1.54, 1.807) is 10.8 Å². The predicted octanol–water partition coefficient (Wildman–Crippen LogP) is 2.83. The van der Waals surface area contributed by atoms with E-state index < -0.39 is 4.92 Å². The molecule has 0 saturated carbocycles. The number of rotatable bonds is 4. The molecular formula is C15H18N4O2. The van der Waals surface area contributed by atoms with Crippen LogP contribution in [0.1, 0.15) is 24.8 Å². The Morgan fingerprint density at radius 3 is 2.71 bits per heavy atom. The highest BCUT2D eigenvalue weighted by molar-refractivity contribution is 5.54. The Morgan fingerprint density at radius 2 is 1.95 bits per heavy atom. The highest BCUT2D eigenvalue weighted by atomic mass is 16.6. The number of para-hydroxylation sites is 1. The molecule has 0 bridgehead atoms. The molecule has 1 aromatic carbocycles. The highest BCUT2D eigenvalue weighted by Crippen LogP contribution is 2.25. The molecule has 0 aliphatic carbocycles. The van der Waals surface area contributed by atoms with Crippen molar-refractivity contribution in [3.63, 3.8) is 0 Å². The van der Waals surface area contributed by atoms with Gasteiger partial charge in [0.25, 0.3) is 0 Å². The summed E-state index contributed by atoms with van der Waals surface area (Å²) < 4.78 is 1.59. The van der Waals surface area contributed by atoms with Gasteiger partial charge in [-0.2, -0.15) is 0 Å². The van der Waals surface area contributed by atoms with E-state index in [-0.39, 0.29) is 5.95 Å². The monoisotopic (exact) mass is 286 g/mol. The molecule has 21 heavy (non-hydrogen) atoms. The lowest BCUT2D eigenvalue weighted by molar-refractivity contribution is -0.396. The van der Waals surface area contributed by atoms with Gasteiger partial charge in [0.05, 0.1) is 6.54 Å². The number of piperidine rings is 1. The van der Waals surface area contributed by atoms with Crippen molar-refractivity contribution in [3.8, 4) is 0 Å². The molecule has 110 valence electrons. The molecule has 6 nitrogen and oxygen atoms in total. The fourth-order valence-corrected chi connectivity index (χ4v) is 2.87. The van der Waals surface area contributed by atoms with Crippen LogP contribution in [0.3, 0.4) is 0 Å². The number of nitro groups is 1. The number of hydrogen-bond acceptors (Lipinski definition) is 4. The number of hydrogen-bond donors (Lipinski definition) is 0. The van der Waals surface area contributed by atoms with Gasteiger partial charge in [-0.1, -0.05) is 23.2 Å². The molecule has 3 rings (SSSR count). The maximum atomic E-state index is 11.0. The van der Waals surface area contributed by atoms with Crippen LogP contribution < -0.4 is 4.90 Å². The fourth-order valence-electron chi connectivity index (χ4n) is 2.87. The zero-order valence-electron chi connectivity index (χ0n) is 11.8. The molecule has 2 aromatic rings. The van der Waals surface area contributed by atoms with Crippen molar-refractivity contribution in [2.75, 3.05) is 18.0 Å². The molecule has 0 atom stereocenters. The quantitative estimate of drug-likeness (QED) is 0.640. The summed E-state index contributed by atoms with van der Waals surface area (Å²) in [7, 11) is 0. The number of anilines is 1. The standard InChI is InChI=1S/C15H18N4O2/c20-19(21)15-16-8-11-18(15)12-13-6-2-3-7-14(13)17-9-4-1-5-10-17/h2-3,6-8,11H,1,4-5,9-10,12H2. The first-order valence-corrected chi connectivity index (χ1v) is 7.24. The third-order valence-corrected chi connectivity index (χ3v) is 3.89. The lowest BCUT2D eigenvalue weighted by atomic mass is 10.1. The number of aromatic nitrogens is 2. The first kappa shape index (κ1) is 13.6. The van der Waals surface area contributed by atoms with Crippen LogP contribution in [-0.4, -0.2) is 27.6 Å². The second kappa shape index (κ2) is 5.95. The average Bonchev–Trinajstić information content (AvgIpc) is 2.97. The second-order valence-corrected chi connectivity index (χ2v) is 5.29. The van der Waals surface area contributed by atoms with Crippen molar-refractivity contribution in [2.24, 2.45) is 0 Å². The maximum Gasteiger partial charge on any atom is 0.434 e. The molecule has 0 spiro atoms. The Kier molecular flexibility index (Phi) is 3.85. The van der Waals surface area contributed by atoms with E-state index >= 15 is 0 Å². The van der Waals surface area contributed by atoms with Gasteiger partial charge in [-0.25, -0.2) is 4.57 Å². The van der Waals surface area contributed by atoms with E-state index in [2.05, 4.69) is 16.0 Å². The average molecular weight is 286 g/mol. The lowest BCUT2D eigenvalue weighted by Gasteiger charge is -2.30. The Labute approximate surface area is 123 Å². The van der Waals surface area contributed by atoms with Crippen molar-refractivity contribution in [2.45, 2.75) is 25.8 Å². The van der Waals surface area contributed by atoms with Gasteiger partial charge >= 0.3 is 5.95 Å². The van der Waals surface area contributed by atoms with E-state index in [1.165, 1.54) is 31.1 Å². The van der Waals surface area contributed by atoms with Gasteiger partial charge in [0.15, 0.2) is 0 Å². The fraction of sp³-hybridized carbons (Fsp3) is 0.400. The van der Waals surface area contributed by atoms with Gasteiger partial charge in [0, 0.05) is 24.3 Å². The summed E-state index contributed by atoms with van der Waals surface area (Å²) in [4.78, 5) is 16.7. The van der Waals surface area contributed by atoms with Crippen molar-refractivity contribution in [1.29, 1.82) is 0 Å². The smallest absolute Gasteiger partial charge is 0.390 e. The Morgan fingerprint density at radius 1 is 1.19 bits per heavy atom. The molecule has 2 heterocycles. The minimum absolute atomic E-state index is 0.108. The first-order chi connectivity index (χ1) is 10.3. The molecule has 1 fully saturated rings. The molecule has 0 unspecified atom stereocenters. The number of nitrogens with zero attached hydrogens (tertiary/aromatic N) is 4. The molecular weight excluding hydrogens is 268 g/mol. The summed E-state index contributed by atoms with van der Waals surface area (Å²) in [6, 6.07) is 8.14. The lowest BCUT2D eigenvalue weighted by Crippen LogP contribution is -2.30. The van der Waals surface area contributed by atoms with Gasteiger partial charge in [-0.15, -0.1) is 0 Å². The Hall–Kier alpha value is -2.37. The highest BCUT2D eigenvalue weighted by Gasteiger charge is 2.18. The second-order valence-electron chi connectivity index (χ2n) is 5.29. The summed E-state index contributed by atoms with van der Waals surface area (Å²) in [6.45, 7) is 2.59. The third kappa shape index (κ3) is 2.89. The molecule has 0 radical (unpaired) electrons. The number of benzene rings is 1. The first-order valence-electron chi connectivity index (χ1n) is 7.24. The zero-order valence-corrected chi connectivity index (χ0v) is 11.8. The van der Waals surface area contributed by atoms with Gasteiger partial charge in [0.1, 0.15) is 12.4 Å². The van der Waals surface area contributed by atoms with Crippen molar-refractivity contribution < 1.29 is 4.92 Å². The molecule has 1 aromatic heterocycles. The van der Waals surface area contributed by atoms with Crippen molar-refractivity contribution >= 4 is 11.6 Å². The number of imidazole rings is 1. The van der Waals surface area contributed by atoms with E-state index in [0.717, 1.165) is 18.7 Å². The molecule has 1 saturated heterocycles. The zero-order chi connectivity index (χ0) is 14.7. The molecule has 0 N–H and O–H groups in total. The van der Waals surface area contributed by atoms with Crippen LogP contribution in [0.2, 0.25) is 0 Å². The summed E-state index contributed by atoms with van der Waals surface area (Å²) in [5.74, 6) is -0.108. The Balaban J connectivity index is 1.88. The van der Waals surface area contributed by atoms with Crippen LogP contribution in [-0.2, 0) is 6.54 Å². The minimum Gasteiger partial charge on any atom is -0.390 e. The maximum absolute atomic E-state index is 11.0. The van der Waals surface area contributed by atoms with E-state index in [9.17, 15) is 10.1 Å². The largest absolute Gasteiger partial charge is 0.434 e. The summed E-state index contributed by atoms with van der Waals surface area (Å²) in [6.07, 6.45) is 6.83. The summed E-state index contributed by atoms with van der Waals surface area (Å²) in [5.41, 5.74) is 2.28. The third-order valence-electron chi connectivity index (χ3n) is 3.89. The van der Waals surface area contributed by atoms with Gasteiger partial charge < -0.3 is 15.0 Å². The normalized spacial score (nSPS) is 15.1. The predicted molar refractivity (Wildman–Crippen MR) is 80.5 cm³/mol. The van der Waals surface area contributed by atoms with E-state index in [0.29, 0.717) is 6.54 Å². The van der Waals surface area contributed by atoms with Crippen LogP contribution in [0.25, 0.3) is 0 Å². The minimum atomic E-state index is -0.441. The van der Waals surface area contributed by atoms with Crippen LogP contribution >= 0.6 is 0 Å².